The number of amides is 1. The van der Waals surface area contributed by atoms with E-state index in [0.29, 0.717) is 37.4 Å². The summed E-state index contributed by atoms with van der Waals surface area (Å²) >= 11 is 0. The molecule has 144 valence electrons. The van der Waals surface area contributed by atoms with Gasteiger partial charge in [0, 0.05) is 32.0 Å². The molecule has 27 heavy (non-hydrogen) atoms. The number of hydrogen-bond acceptors (Lipinski definition) is 7. The molecule has 1 amide bonds. The van der Waals surface area contributed by atoms with Crippen molar-refractivity contribution in [3.8, 4) is 0 Å². The monoisotopic (exact) mass is 391 g/mol. The number of anilines is 1. The summed E-state index contributed by atoms with van der Waals surface area (Å²) in [7, 11) is -3.46. The second kappa shape index (κ2) is 8.42. The Hall–Kier alpha value is -2.56. The molecular weight excluding hydrogens is 370 g/mol. The summed E-state index contributed by atoms with van der Waals surface area (Å²) in [5.74, 6) is -0.559. The van der Waals surface area contributed by atoms with Crippen LogP contribution in [-0.2, 0) is 27.1 Å². The van der Waals surface area contributed by atoms with Crippen molar-refractivity contribution in [2.45, 2.75) is 12.3 Å². The van der Waals surface area contributed by atoms with Crippen molar-refractivity contribution in [2.24, 2.45) is 0 Å². The van der Waals surface area contributed by atoms with Crippen LogP contribution in [0.4, 0.5) is 5.82 Å². The molecule has 0 radical (unpaired) electrons. The summed E-state index contributed by atoms with van der Waals surface area (Å²) in [6.45, 7) is 1.66. The van der Waals surface area contributed by atoms with Gasteiger partial charge in [0.25, 0.3) is 5.91 Å². The third-order valence-electron chi connectivity index (χ3n) is 4.20. The minimum atomic E-state index is -3.46. The summed E-state index contributed by atoms with van der Waals surface area (Å²) in [6, 6.07) is 7.10. The highest BCUT2D eigenvalue weighted by atomic mass is 32.2. The Balaban J connectivity index is 1.70. The van der Waals surface area contributed by atoms with Crippen molar-refractivity contribution in [1.82, 2.24) is 19.6 Å². The third kappa shape index (κ3) is 4.79. The van der Waals surface area contributed by atoms with Crippen LogP contribution >= 0.6 is 0 Å². The van der Waals surface area contributed by atoms with Crippen LogP contribution in [0.2, 0.25) is 0 Å². The summed E-state index contributed by atoms with van der Waals surface area (Å²) in [5, 5.41) is 2.71. The average molecular weight is 391 g/mol. The van der Waals surface area contributed by atoms with Crippen molar-refractivity contribution in [3.63, 3.8) is 0 Å². The quantitative estimate of drug-likeness (QED) is 0.717. The van der Waals surface area contributed by atoms with Gasteiger partial charge in [-0.25, -0.2) is 18.4 Å². The summed E-state index contributed by atoms with van der Waals surface area (Å²) in [4.78, 5) is 20.0. The number of nitrogens with zero attached hydrogens (tertiary/aromatic N) is 3. The summed E-state index contributed by atoms with van der Waals surface area (Å²) in [6.07, 6.45) is 2.78. The van der Waals surface area contributed by atoms with Crippen molar-refractivity contribution in [1.29, 1.82) is 0 Å². The van der Waals surface area contributed by atoms with E-state index in [4.69, 9.17) is 10.5 Å². The molecule has 0 aliphatic carbocycles. The molecule has 0 saturated carbocycles. The zero-order valence-electron chi connectivity index (χ0n) is 14.7. The topological polar surface area (TPSA) is 128 Å². The van der Waals surface area contributed by atoms with Crippen LogP contribution in [0.5, 0.6) is 0 Å². The first kappa shape index (κ1) is 19.2. The largest absolute Gasteiger partial charge is 0.382 e. The normalized spacial score (nSPS) is 15.4. The number of morpholine rings is 1. The zero-order valence-corrected chi connectivity index (χ0v) is 15.5. The van der Waals surface area contributed by atoms with E-state index < -0.39 is 15.9 Å². The number of nitrogen functional groups attached to an aromatic ring is 1. The SMILES string of the molecule is Nc1nccnc1C(=O)NCc1ccccc1CS(=O)(=O)N1CCOCC1. The Morgan fingerprint density at radius 2 is 1.81 bits per heavy atom. The Kier molecular flexibility index (Phi) is 5.99. The van der Waals surface area contributed by atoms with Gasteiger partial charge in [0.1, 0.15) is 0 Å². The molecule has 0 atom stereocenters. The van der Waals surface area contributed by atoms with Crippen LogP contribution in [0.25, 0.3) is 0 Å². The van der Waals surface area contributed by atoms with Crippen molar-refractivity contribution in [2.75, 3.05) is 32.0 Å². The first-order valence-corrected chi connectivity index (χ1v) is 10.1. The molecule has 1 aromatic heterocycles. The molecule has 1 aliphatic heterocycles. The van der Waals surface area contributed by atoms with Gasteiger partial charge < -0.3 is 15.8 Å². The first-order valence-electron chi connectivity index (χ1n) is 8.44. The molecule has 10 heteroatoms. The highest BCUT2D eigenvalue weighted by Crippen LogP contribution is 2.17. The van der Waals surface area contributed by atoms with Crippen LogP contribution in [0.15, 0.2) is 36.7 Å². The van der Waals surface area contributed by atoms with E-state index in [9.17, 15) is 13.2 Å². The molecule has 9 nitrogen and oxygen atoms in total. The van der Waals surface area contributed by atoms with Gasteiger partial charge in [-0.2, -0.15) is 4.31 Å². The smallest absolute Gasteiger partial charge is 0.273 e. The lowest BCUT2D eigenvalue weighted by Crippen LogP contribution is -2.41. The molecule has 3 N–H and O–H groups in total. The van der Waals surface area contributed by atoms with E-state index in [2.05, 4.69) is 15.3 Å². The molecule has 1 aromatic carbocycles. The van der Waals surface area contributed by atoms with Gasteiger partial charge in [-0.3, -0.25) is 4.79 Å². The number of ether oxygens (including phenoxy) is 1. The summed E-state index contributed by atoms with van der Waals surface area (Å²) < 4.78 is 32.0. The minimum absolute atomic E-state index is 0.0379. The second-order valence-electron chi connectivity index (χ2n) is 6.01. The van der Waals surface area contributed by atoms with Gasteiger partial charge in [0.05, 0.1) is 19.0 Å². The first-order chi connectivity index (χ1) is 13.0. The van der Waals surface area contributed by atoms with Gasteiger partial charge in [-0.05, 0) is 11.1 Å². The van der Waals surface area contributed by atoms with Crippen molar-refractivity contribution in [3.05, 3.63) is 53.5 Å². The minimum Gasteiger partial charge on any atom is -0.382 e. The van der Waals surface area contributed by atoms with Crippen molar-refractivity contribution >= 4 is 21.7 Å². The lowest BCUT2D eigenvalue weighted by Gasteiger charge is -2.26. The summed E-state index contributed by atoms with van der Waals surface area (Å²) in [5.41, 5.74) is 7.04. The van der Waals surface area contributed by atoms with E-state index in [0.717, 1.165) is 0 Å². The number of aromatic nitrogens is 2. The molecule has 2 aromatic rings. The van der Waals surface area contributed by atoms with E-state index in [1.54, 1.807) is 24.3 Å². The predicted octanol–water partition coefficient (Wildman–Crippen LogP) is 0.151. The van der Waals surface area contributed by atoms with Gasteiger partial charge in [0.15, 0.2) is 11.5 Å². The maximum atomic E-state index is 12.7. The maximum absolute atomic E-state index is 12.7. The number of benzene rings is 1. The number of nitrogens with one attached hydrogen (secondary N) is 1. The second-order valence-corrected chi connectivity index (χ2v) is 7.98. The third-order valence-corrected chi connectivity index (χ3v) is 6.03. The zero-order chi connectivity index (χ0) is 19.3. The number of hydrogen-bond donors (Lipinski definition) is 2. The van der Waals surface area contributed by atoms with Crippen LogP contribution in [0.1, 0.15) is 21.6 Å². The van der Waals surface area contributed by atoms with Gasteiger partial charge in [-0.1, -0.05) is 24.3 Å². The molecule has 0 bridgehead atoms. The average Bonchev–Trinajstić information content (AvgIpc) is 2.68. The predicted molar refractivity (Wildman–Crippen MR) is 99.1 cm³/mol. The van der Waals surface area contributed by atoms with Crippen LogP contribution in [0.3, 0.4) is 0 Å². The Morgan fingerprint density at radius 1 is 1.15 bits per heavy atom. The fraction of sp³-hybridized carbons (Fsp3) is 0.353. The molecule has 1 aliphatic rings. The molecule has 0 unspecified atom stereocenters. The number of carbonyl (C=O) groups is 1. The van der Waals surface area contributed by atoms with Gasteiger partial charge in [-0.15, -0.1) is 0 Å². The number of nitrogens with two attached hydrogens (primary N) is 1. The molecule has 2 heterocycles. The Labute approximate surface area is 157 Å². The highest BCUT2D eigenvalue weighted by Gasteiger charge is 2.25. The van der Waals surface area contributed by atoms with Crippen molar-refractivity contribution < 1.29 is 17.9 Å². The number of sulfonamides is 1. The van der Waals surface area contributed by atoms with E-state index in [-0.39, 0.29) is 23.8 Å². The highest BCUT2D eigenvalue weighted by molar-refractivity contribution is 7.88. The van der Waals surface area contributed by atoms with Gasteiger partial charge in [0.2, 0.25) is 10.0 Å². The lowest BCUT2D eigenvalue weighted by molar-refractivity contribution is 0.0729. The van der Waals surface area contributed by atoms with Gasteiger partial charge >= 0.3 is 0 Å². The molecule has 0 spiro atoms. The number of rotatable bonds is 6. The standard InChI is InChI=1S/C17H21N5O4S/c18-16-15(19-5-6-20-16)17(23)21-11-13-3-1-2-4-14(13)12-27(24,25)22-7-9-26-10-8-22/h1-6H,7-12H2,(H2,18,20)(H,21,23). The molecule has 1 fully saturated rings. The van der Waals surface area contributed by atoms with E-state index in [1.165, 1.54) is 16.7 Å². The fourth-order valence-corrected chi connectivity index (χ4v) is 4.33. The van der Waals surface area contributed by atoms with Crippen LogP contribution in [0, 0.1) is 0 Å². The van der Waals surface area contributed by atoms with E-state index >= 15 is 0 Å². The fourth-order valence-electron chi connectivity index (χ4n) is 2.77. The molecular formula is C17H21N5O4S. The van der Waals surface area contributed by atoms with E-state index in [1.807, 2.05) is 0 Å². The van der Waals surface area contributed by atoms with Crippen LogP contribution < -0.4 is 11.1 Å². The molecule has 3 rings (SSSR count). The number of carbonyl (C=O) groups excluding carboxylic acids is 1. The Bertz CT molecular complexity index is 913. The maximum Gasteiger partial charge on any atom is 0.273 e. The Morgan fingerprint density at radius 3 is 2.52 bits per heavy atom. The molecule has 1 saturated heterocycles. The lowest BCUT2D eigenvalue weighted by atomic mass is 10.1. The van der Waals surface area contributed by atoms with Crippen LogP contribution in [-0.4, -0.2) is 54.9 Å².